The lowest BCUT2D eigenvalue weighted by Gasteiger charge is -2.16. The van der Waals surface area contributed by atoms with Crippen molar-refractivity contribution < 1.29 is 4.74 Å². The van der Waals surface area contributed by atoms with E-state index in [2.05, 4.69) is 10.2 Å². The number of rotatable bonds is 1. The molecule has 0 radical (unpaired) electrons. The molecule has 0 saturated carbocycles. The molecule has 1 aromatic heterocycles. The van der Waals surface area contributed by atoms with Crippen molar-refractivity contribution in [1.29, 1.82) is 0 Å². The van der Waals surface area contributed by atoms with Crippen molar-refractivity contribution in [3.63, 3.8) is 0 Å². The van der Waals surface area contributed by atoms with Crippen molar-refractivity contribution in [2.24, 2.45) is 0 Å². The van der Waals surface area contributed by atoms with Crippen molar-refractivity contribution >= 4 is 11.6 Å². The molecule has 0 N–H and O–H groups in total. The maximum absolute atomic E-state index is 5.98. The molecule has 1 atom stereocenters. The Bertz CT molecular complexity index is 286. The zero-order chi connectivity index (χ0) is 9.97. The number of halogens is 1. The van der Waals surface area contributed by atoms with Crippen LogP contribution in [-0.2, 0) is 4.74 Å². The van der Waals surface area contributed by atoms with Gasteiger partial charge in [-0.3, -0.25) is 4.57 Å². The van der Waals surface area contributed by atoms with E-state index >= 15 is 0 Å². The zero-order valence-electron chi connectivity index (χ0n) is 8.24. The first kappa shape index (κ1) is 9.93. The topological polar surface area (TPSA) is 39.9 Å². The number of aryl methyl sites for hydroxylation is 1. The highest BCUT2D eigenvalue weighted by Gasteiger charge is 2.19. The van der Waals surface area contributed by atoms with Gasteiger partial charge < -0.3 is 4.74 Å². The molecular formula is C9H14ClN3O. The van der Waals surface area contributed by atoms with Gasteiger partial charge in [-0.1, -0.05) is 0 Å². The molecule has 2 heterocycles. The SMILES string of the molecule is Cc1nnc(Cl)n1C1CCCOCC1. The van der Waals surface area contributed by atoms with Crippen LogP contribution in [0.25, 0.3) is 0 Å². The lowest BCUT2D eigenvalue weighted by molar-refractivity contribution is 0.141. The Morgan fingerprint density at radius 1 is 1.36 bits per heavy atom. The molecule has 5 heteroatoms. The third-order valence-corrected chi connectivity index (χ3v) is 2.87. The standard InChI is InChI=1S/C9H14ClN3O/c1-7-11-12-9(10)13(7)8-3-2-5-14-6-4-8/h8H,2-6H2,1H3. The molecule has 1 fully saturated rings. The van der Waals surface area contributed by atoms with E-state index in [4.69, 9.17) is 16.3 Å². The quantitative estimate of drug-likeness (QED) is 0.719. The monoisotopic (exact) mass is 215 g/mol. The molecule has 14 heavy (non-hydrogen) atoms. The van der Waals surface area contributed by atoms with Gasteiger partial charge >= 0.3 is 0 Å². The van der Waals surface area contributed by atoms with Crippen LogP contribution in [0, 0.1) is 6.92 Å². The predicted molar refractivity (Wildman–Crippen MR) is 53.5 cm³/mol. The first-order chi connectivity index (χ1) is 6.79. The summed E-state index contributed by atoms with van der Waals surface area (Å²) in [6.45, 7) is 3.60. The maximum atomic E-state index is 5.98. The van der Waals surface area contributed by atoms with E-state index in [1.807, 2.05) is 11.5 Å². The molecule has 1 aliphatic heterocycles. The van der Waals surface area contributed by atoms with Gasteiger partial charge in [-0.05, 0) is 37.8 Å². The lowest BCUT2D eigenvalue weighted by atomic mass is 10.1. The molecule has 0 aromatic carbocycles. The maximum Gasteiger partial charge on any atom is 0.225 e. The summed E-state index contributed by atoms with van der Waals surface area (Å²) >= 11 is 5.98. The van der Waals surface area contributed by atoms with Crippen LogP contribution in [0.5, 0.6) is 0 Å². The van der Waals surface area contributed by atoms with E-state index < -0.39 is 0 Å². The summed E-state index contributed by atoms with van der Waals surface area (Å²) in [5.41, 5.74) is 0. The summed E-state index contributed by atoms with van der Waals surface area (Å²) in [6, 6.07) is 0.403. The summed E-state index contributed by atoms with van der Waals surface area (Å²) in [5.74, 6) is 0.891. The second-order valence-corrected chi connectivity index (χ2v) is 3.92. The molecule has 2 rings (SSSR count). The summed E-state index contributed by atoms with van der Waals surface area (Å²) < 4.78 is 7.42. The number of ether oxygens (including phenoxy) is 1. The Morgan fingerprint density at radius 2 is 2.21 bits per heavy atom. The zero-order valence-corrected chi connectivity index (χ0v) is 9.00. The van der Waals surface area contributed by atoms with Crippen LogP contribution in [0.2, 0.25) is 5.28 Å². The fourth-order valence-electron chi connectivity index (χ4n) is 1.90. The van der Waals surface area contributed by atoms with Gasteiger partial charge in [0.25, 0.3) is 0 Å². The molecule has 0 bridgehead atoms. The van der Waals surface area contributed by atoms with Crippen LogP contribution in [0.15, 0.2) is 0 Å². The highest BCUT2D eigenvalue weighted by Crippen LogP contribution is 2.25. The highest BCUT2D eigenvalue weighted by atomic mass is 35.5. The molecular weight excluding hydrogens is 202 g/mol. The second kappa shape index (κ2) is 4.28. The summed E-state index contributed by atoms with van der Waals surface area (Å²) in [7, 11) is 0. The Labute approximate surface area is 88.2 Å². The van der Waals surface area contributed by atoms with Gasteiger partial charge in [-0.15, -0.1) is 10.2 Å². The fourth-order valence-corrected chi connectivity index (χ4v) is 2.20. The largest absolute Gasteiger partial charge is 0.381 e. The van der Waals surface area contributed by atoms with Crippen molar-refractivity contribution in [3.8, 4) is 0 Å². The average molecular weight is 216 g/mol. The van der Waals surface area contributed by atoms with Gasteiger partial charge in [-0.2, -0.15) is 0 Å². The minimum absolute atomic E-state index is 0.403. The van der Waals surface area contributed by atoms with Gasteiger partial charge in [0.15, 0.2) is 0 Å². The van der Waals surface area contributed by atoms with Crippen molar-refractivity contribution in [3.05, 3.63) is 11.1 Å². The van der Waals surface area contributed by atoms with Gasteiger partial charge in [-0.25, -0.2) is 0 Å². The highest BCUT2D eigenvalue weighted by molar-refractivity contribution is 6.28. The summed E-state index contributed by atoms with van der Waals surface area (Å²) in [5, 5.41) is 8.32. The Morgan fingerprint density at radius 3 is 2.93 bits per heavy atom. The van der Waals surface area contributed by atoms with Crippen LogP contribution in [-0.4, -0.2) is 28.0 Å². The Kier molecular flexibility index (Phi) is 3.03. The number of nitrogens with zero attached hydrogens (tertiary/aromatic N) is 3. The second-order valence-electron chi connectivity index (χ2n) is 3.58. The molecule has 0 spiro atoms. The smallest absolute Gasteiger partial charge is 0.225 e. The predicted octanol–water partition coefficient (Wildman–Crippen LogP) is 1.98. The molecule has 1 unspecified atom stereocenters. The van der Waals surface area contributed by atoms with E-state index in [0.29, 0.717) is 11.3 Å². The van der Waals surface area contributed by atoms with Crippen LogP contribution in [0.3, 0.4) is 0 Å². The first-order valence-corrected chi connectivity index (χ1v) is 5.31. The van der Waals surface area contributed by atoms with Crippen LogP contribution in [0.1, 0.15) is 31.1 Å². The third kappa shape index (κ3) is 1.91. The fraction of sp³-hybridized carbons (Fsp3) is 0.778. The van der Waals surface area contributed by atoms with E-state index in [9.17, 15) is 0 Å². The average Bonchev–Trinajstić information content (AvgIpc) is 2.45. The van der Waals surface area contributed by atoms with E-state index in [1.54, 1.807) is 0 Å². The number of hydrogen-bond donors (Lipinski definition) is 0. The Balaban J connectivity index is 2.19. The molecule has 4 nitrogen and oxygen atoms in total. The lowest BCUT2D eigenvalue weighted by Crippen LogP contribution is -2.11. The molecule has 1 saturated heterocycles. The van der Waals surface area contributed by atoms with Gasteiger partial charge in [0.1, 0.15) is 5.82 Å². The molecule has 0 aliphatic carbocycles. The number of aromatic nitrogens is 3. The summed E-state index contributed by atoms with van der Waals surface area (Å²) in [6.07, 6.45) is 3.18. The minimum Gasteiger partial charge on any atom is -0.381 e. The van der Waals surface area contributed by atoms with Crippen LogP contribution in [0.4, 0.5) is 0 Å². The number of hydrogen-bond acceptors (Lipinski definition) is 3. The Hall–Kier alpha value is -0.610. The van der Waals surface area contributed by atoms with Crippen LogP contribution < -0.4 is 0 Å². The van der Waals surface area contributed by atoms with E-state index in [-0.39, 0.29) is 0 Å². The van der Waals surface area contributed by atoms with Crippen molar-refractivity contribution in [1.82, 2.24) is 14.8 Å². The van der Waals surface area contributed by atoms with Crippen molar-refractivity contribution in [2.45, 2.75) is 32.2 Å². The molecule has 1 aliphatic rings. The van der Waals surface area contributed by atoms with Gasteiger partial charge in [0, 0.05) is 19.3 Å². The summed E-state index contributed by atoms with van der Waals surface area (Å²) in [4.78, 5) is 0. The van der Waals surface area contributed by atoms with Gasteiger partial charge in [0.05, 0.1) is 0 Å². The first-order valence-electron chi connectivity index (χ1n) is 4.94. The minimum atomic E-state index is 0.403. The molecule has 78 valence electrons. The van der Waals surface area contributed by atoms with Crippen LogP contribution >= 0.6 is 11.6 Å². The normalized spacial score (nSPS) is 23.4. The molecule has 0 amide bonds. The van der Waals surface area contributed by atoms with Gasteiger partial charge in [0.2, 0.25) is 5.28 Å². The molecule has 1 aromatic rings. The third-order valence-electron chi connectivity index (χ3n) is 2.61. The van der Waals surface area contributed by atoms with E-state index in [0.717, 1.165) is 38.3 Å². The van der Waals surface area contributed by atoms with Crippen molar-refractivity contribution in [2.75, 3.05) is 13.2 Å². The van der Waals surface area contributed by atoms with E-state index in [1.165, 1.54) is 0 Å².